The predicted molar refractivity (Wildman–Crippen MR) is 146 cm³/mol. The maximum atomic E-state index is 14.0. The number of para-hydroxylation sites is 2. The van der Waals surface area contributed by atoms with E-state index in [0.717, 1.165) is 28.4 Å². The van der Waals surface area contributed by atoms with Crippen LogP contribution in [0.4, 0.5) is 11.4 Å². The lowest BCUT2D eigenvalue weighted by molar-refractivity contribution is -0.136. The summed E-state index contributed by atoms with van der Waals surface area (Å²) in [5, 5.41) is 0. The first kappa shape index (κ1) is 25.4. The van der Waals surface area contributed by atoms with Gasteiger partial charge in [0.05, 0.1) is 39.0 Å². The number of nitrogens with zero attached hydrogens (tertiary/aromatic N) is 3. The largest absolute Gasteiger partial charge is 0.497 e. The van der Waals surface area contributed by atoms with E-state index < -0.39 is 12.0 Å². The molecule has 0 N–H and O–H groups in total. The zero-order valence-electron chi connectivity index (χ0n) is 22.0. The van der Waals surface area contributed by atoms with Crippen LogP contribution in [0.2, 0.25) is 0 Å². The van der Waals surface area contributed by atoms with E-state index in [9.17, 15) is 9.59 Å². The molecule has 2 amide bonds. The molecule has 0 saturated carbocycles. The maximum Gasteiger partial charge on any atom is 0.228 e. The molecule has 2 fully saturated rings. The van der Waals surface area contributed by atoms with Gasteiger partial charge in [0.2, 0.25) is 11.8 Å². The topological polar surface area (TPSA) is 71.6 Å². The van der Waals surface area contributed by atoms with Gasteiger partial charge in [0.15, 0.2) is 0 Å². The van der Waals surface area contributed by atoms with Gasteiger partial charge in [-0.25, -0.2) is 0 Å². The van der Waals surface area contributed by atoms with Gasteiger partial charge in [0.1, 0.15) is 17.2 Å². The Balaban J connectivity index is 1.40. The number of hydrogen-bond acceptors (Lipinski definition) is 6. The van der Waals surface area contributed by atoms with Crippen molar-refractivity contribution in [3.63, 3.8) is 0 Å². The summed E-state index contributed by atoms with van der Waals surface area (Å²) in [5.74, 6) is 1.71. The fraction of sp³-hybridized carbons (Fsp3) is 0.333. The third-order valence-corrected chi connectivity index (χ3v) is 7.46. The molecule has 3 aromatic carbocycles. The second-order valence-electron chi connectivity index (χ2n) is 9.47. The number of benzene rings is 3. The fourth-order valence-corrected chi connectivity index (χ4v) is 5.48. The van der Waals surface area contributed by atoms with Gasteiger partial charge in [-0.1, -0.05) is 24.3 Å². The van der Waals surface area contributed by atoms with Crippen LogP contribution in [0.3, 0.4) is 0 Å². The first-order valence-electron chi connectivity index (χ1n) is 12.8. The summed E-state index contributed by atoms with van der Waals surface area (Å²) in [6.07, 6.45) is 0.161. The Morgan fingerprint density at radius 3 is 1.97 bits per heavy atom. The van der Waals surface area contributed by atoms with Crippen molar-refractivity contribution in [1.29, 1.82) is 0 Å². The van der Waals surface area contributed by atoms with E-state index in [1.165, 1.54) is 0 Å². The third kappa shape index (κ3) is 4.86. The molecule has 2 saturated heterocycles. The minimum atomic E-state index is -0.490. The van der Waals surface area contributed by atoms with Gasteiger partial charge in [-0.2, -0.15) is 0 Å². The fourth-order valence-electron chi connectivity index (χ4n) is 5.48. The first-order chi connectivity index (χ1) is 18.5. The van der Waals surface area contributed by atoms with Crippen molar-refractivity contribution in [2.24, 2.45) is 5.92 Å². The van der Waals surface area contributed by atoms with E-state index in [0.29, 0.717) is 31.9 Å². The van der Waals surface area contributed by atoms with E-state index in [4.69, 9.17) is 14.2 Å². The lowest BCUT2D eigenvalue weighted by Gasteiger charge is -2.38. The molecular formula is C30H33N3O5. The Morgan fingerprint density at radius 2 is 1.37 bits per heavy atom. The van der Waals surface area contributed by atoms with Gasteiger partial charge < -0.3 is 28.9 Å². The van der Waals surface area contributed by atoms with Crippen LogP contribution in [-0.2, 0) is 9.59 Å². The quantitative estimate of drug-likeness (QED) is 0.471. The Kier molecular flexibility index (Phi) is 7.40. The van der Waals surface area contributed by atoms with Crippen molar-refractivity contribution >= 4 is 23.2 Å². The van der Waals surface area contributed by atoms with Gasteiger partial charge in [0, 0.05) is 38.3 Å². The zero-order valence-corrected chi connectivity index (χ0v) is 22.0. The highest BCUT2D eigenvalue weighted by Gasteiger charge is 2.47. The minimum Gasteiger partial charge on any atom is -0.497 e. The Labute approximate surface area is 223 Å². The zero-order chi connectivity index (χ0) is 26.6. The highest BCUT2D eigenvalue weighted by atomic mass is 16.5. The third-order valence-electron chi connectivity index (χ3n) is 7.46. The Morgan fingerprint density at radius 1 is 0.763 bits per heavy atom. The molecule has 2 atom stereocenters. The maximum absolute atomic E-state index is 14.0. The normalized spacial score (nSPS) is 19.4. The smallest absolute Gasteiger partial charge is 0.228 e. The second-order valence-corrected chi connectivity index (χ2v) is 9.47. The molecule has 8 heteroatoms. The van der Waals surface area contributed by atoms with Crippen molar-refractivity contribution in [1.82, 2.24) is 4.90 Å². The number of methoxy groups -OCH3 is 3. The van der Waals surface area contributed by atoms with Crippen LogP contribution in [0.5, 0.6) is 17.2 Å². The van der Waals surface area contributed by atoms with Crippen LogP contribution in [0.15, 0.2) is 72.8 Å². The number of carbonyl (C=O) groups excluding carboxylic acids is 2. The Hall–Kier alpha value is -4.20. The van der Waals surface area contributed by atoms with Crippen LogP contribution in [0.25, 0.3) is 0 Å². The molecule has 0 radical (unpaired) electrons. The molecule has 5 rings (SSSR count). The van der Waals surface area contributed by atoms with E-state index in [1.54, 1.807) is 26.2 Å². The highest BCUT2D eigenvalue weighted by molar-refractivity contribution is 6.01. The van der Waals surface area contributed by atoms with E-state index in [-0.39, 0.29) is 18.2 Å². The lowest BCUT2D eigenvalue weighted by atomic mass is 9.91. The number of piperazine rings is 1. The molecule has 0 unspecified atom stereocenters. The first-order valence-corrected chi connectivity index (χ1v) is 12.8. The van der Waals surface area contributed by atoms with E-state index in [2.05, 4.69) is 4.90 Å². The van der Waals surface area contributed by atoms with Crippen LogP contribution in [0, 0.1) is 5.92 Å². The molecular weight excluding hydrogens is 482 g/mol. The van der Waals surface area contributed by atoms with Crippen LogP contribution >= 0.6 is 0 Å². The summed E-state index contributed by atoms with van der Waals surface area (Å²) >= 11 is 0. The molecule has 2 aliphatic rings. The van der Waals surface area contributed by atoms with Gasteiger partial charge >= 0.3 is 0 Å². The number of hydrogen-bond donors (Lipinski definition) is 0. The molecule has 0 spiro atoms. The number of rotatable bonds is 7. The van der Waals surface area contributed by atoms with E-state index >= 15 is 0 Å². The summed E-state index contributed by atoms with van der Waals surface area (Å²) in [6, 6.07) is 22.6. The minimum absolute atomic E-state index is 0.00913. The molecule has 2 aliphatic heterocycles. The van der Waals surface area contributed by atoms with Gasteiger partial charge in [-0.05, 0) is 54.1 Å². The van der Waals surface area contributed by atoms with Crippen molar-refractivity contribution in [3.05, 3.63) is 78.4 Å². The van der Waals surface area contributed by atoms with Gasteiger partial charge in [0.25, 0.3) is 0 Å². The predicted octanol–water partition coefficient (Wildman–Crippen LogP) is 4.16. The van der Waals surface area contributed by atoms with Crippen LogP contribution < -0.4 is 24.0 Å². The summed E-state index contributed by atoms with van der Waals surface area (Å²) in [5.41, 5.74) is 2.67. The summed E-state index contributed by atoms with van der Waals surface area (Å²) in [6.45, 7) is 2.56. The average Bonchev–Trinajstić information content (AvgIpc) is 3.33. The van der Waals surface area contributed by atoms with Crippen molar-refractivity contribution < 1.29 is 23.8 Å². The second kappa shape index (κ2) is 11.0. The summed E-state index contributed by atoms with van der Waals surface area (Å²) in [7, 11) is 4.90. The molecule has 3 aromatic rings. The van der Waals surface area contributed by atoms with Crippen molar-refractivity contribution in [2.75, 3.05) is 57.3 Å². The molecule has 2 heterocycles. The van der Waals surface area contributed by atoms with Crippen molar-refractivity contribution in [2.45, 2.75) is 12.5 Å². The van der Waals surface area contributed by atoms with Crippen LogP contribution in [-0.4, -0.2) is 64.2 Å². The Bertz CT molecular complexity index is 1270. The molecule has 198 valence electrons. The number of anilines is 2. The molecule has 0 aromatic heterocycles. The standard InChI is InChI=1S/C30H33N3O5/c1-36-23-12-8-21(9-13-23)29-25(20-28(34)33(29)22-10-14-24(37-2)15-11-22)30(35)32-18-16-31(17-19-32)26-6-4-5-7-27(26)38-3/h4-15,25,29H,16-20H2,1-3H3/t25-,29-/m1/s1. The van der Waals surface area contributed by atoms with Crippen molar-refractivity contribution in [3.8, 4) is 17.2 Å². The summed E-state index contributed by atoms with van der Waals surface area (Å²) < 4.78 is 16.2. The number of carbonyl (C=O) groups is 2. The summed E-state index contributed by atoms with van der Waals surface area (Å²) in [4.78, 5) is 33.3. The van der Waals surface area contributed by atoms with Gasteiger partial charge in [-0.3, -0.25) is 9.59 Å². The average molecular weight is 516 g/mol. The van der Waals surface area contributed by atoms with Crippen LogP contribution in [0.1, 0.15) is 18.0 Å². The van der Waals surface area contributed by atoms with Gasteiger partial charge in [-0.15, -0.1) is 0 Å². The molecule has 0 aliphatic carbocycles. The molecule has 0 bridgehead atoms. The number of ether oxygens (including phenoxy) is 3. The number of amides is 2. The molecule has 8 nitrogen and oxygen atoms in total. The van der Waals surface area contributed by atoms with E-state index in [1.807, 2.05) is 77.7 Å². The highest BCUT2D eigenvalue weighted by Crippen LogP contribution is 2.43. The SMILES string of the molecule is COc1ccc([C@@H]2[C@H](C(=O)N3CCN(c4ccccc4OC)CC3)CC(=O)N2c2ccc(OC)cc2)cc1. The monoisotopic (exact) mass is 515 g/mol. The molecule has 38 heavy (non-hydrogen) atoms. The lowest BCUT2D eigenvalue weighted by Crippen LogP contribution is -2.51.